The minimum Gasteiger partial charge on any atom is -0.366 e. The van der Waals surface area contributed by atoms with Crippen molar-refractivity contribution in [1.82, 2.24) is 9.97 Å². The fourth-order valence-corrected chi connectivity index (χ4v) is 3.07. The lowest BCUT2D eigenvalue weighted by molar-refractivity contribution is 0.100. The topological polar surface area (TPSA) is 71.8 Å². The molecule has 0 unspecified atom stereocenters. The Labute approximate surface area is 126 Å². The summed E-state index contributed by atoms with van der Waals surface area (Å²) in [6.45, 7) is 4.03. The van der Waals surface area contributed by atoms with E-state index in [0.29, 0.717) is 5.56 Å². The highest BCUT2D eigenvalue weighted by atomic mass is 32.2. The van der Waals surface area contributed by atoms with Gasteiger partial charge in [-0.15, -0.1) is 0 Å². The van der Waals surface area contributed by atoms with Crippen LogP contribution < -0.4 is 5.73 Å². The van der Waals surface area contributed by atoms with Crippen LogP contribution in [-0.4, -0.2) is 15.9 Å². The molecule has 104 valence electrons. The first-order chi connectivity index (χ1) is 10.2. The molecule has 1 heterocycles. The molecular formula is C16H13N3OS. The number of primary amides is 1. The molecule has 4 nitrogen and oxygen atoms in total. The van der Waals surface area contributed by atoms with Crippen LogP contribution in [0.1, 0.15) is 16.2 Å². The van der Waals surface area contributed by atoms with Crippen LogP contribution in [0, 0.1) is 0 Å². The number of H-pyrrole nitrogens is 1. The monoisotopic (exact) mass is 295 g/mol. The lowest BCUT2D eigenvalue weighted by Gasteiger charge is -2.09. The van der Waals surface area contributed by atoms with E-state index in [4.69, 9.17) is 5.73 Å². The van der Waals surface area contributed by atoms with Gasteiger partial charge in [0.25, 0.3) is 0 Å². The largest absolute Gasteiger partial charge is 0.366 e. The Bertz CT molecular complexity index is 825. The Morgan fingerprint density at radius 1 is 1.19 bits per heavy atom. The summed E-state index contributed by atoms with van der Waals surface area (Å²) in [4.78, 5) is 20.6. The number of fused-ring (bicyclic) bond motifs is 1. The molecule has 21 heavy (non-hydrogen) atoms. The highest BCUT2D eigenvalue weighted by Gasteiger charge is 2.12. The molecule has 0 fully saturated rings. The van der Waals surface area contributed by atoms with E-state index in [1.807, 2.05) is 30.3 Å². The molecule has 1 aromatic heterocycles. The van der Waals surface area contributed by atoms with Gasteiger partial charge >= 0.3 is 0 Å². The summed E-state index contributed by atoms with van der Waals surface area (Å²) in [7, 11) is 0. The van der Waals surface area contributed by atoms with Crippen LogP contribution in [0.3, 0.4) is 0 Å². The second-order valence-corrected chi connectivity index (χ2v) is 5.62. The van der Waals surface area contributed by atoms with Gasteiger partial charge in [-0.2, -0.15) is 0 Å². The van der Waals surface area contributed by atoms with Crippen molar-refractivity contribution >= 4 is 33.3 Å². The molecule has 0 spiro atoms. The summed E-state index contributed by atoms with van der Waals surface area (Å²) < 4.78 is 0. The maximum atomic E-state index is 11.5. The predicted octanol–water partition coefficient (Wildman–Crippen LogP) is 3.42. The van der Waals surface area contributed by atoms with E-state index in [1.54, 1.807) is 18.5 Å². The molecule has 1 amide bonds. The van der Waals surface area contributed by atoms with E-state index in [9.17, 15) is 4.79 Å². The smallest absolute Gasteiger partial charge is 0.249 e. The molecule has 0 saturated heterocycles. The molecule has 0 aliphatic heterocycles. The summed E-state index contributed by atoms with van der Waals surface area (Å²) >= 11 is 1.51. The van der Waals surface area contributed by atoms with Crippen molar-refractivity contribution in [2.75, 3.05) is 0 Å². The number of nitrogens with zero attached hydrogens (tertiary/aromatic N) is 1. The molecule has 3 rings (SSSR count). The van der Waals surface area contributed by atoms with Crippen LogP contribution >= 0.6 is 11.8 Å². The number of nitrogens with two attached hydrogens (primary N) is 1. The minimum absolute atomic E-state index is 0.424. The Balaban J connectivity index is 2.06. The van der Waals surface area contributed by atoms with E-state index >= 15 is 0 Å². The number of imidazole rings is 1. The third-order valence-electron chi connectivity index (χ3n) is 3.15. The van der Waals surface area contributed by atoms with Gasteiger partial charge < -0.3 is 10.7 Å². The zero-order valence-corrected chi connectivity index (χ0v) is 12.0. The first-order valence-electron chi connectivity index (χ1n) is 6.35. The first kappa shape index (κ1) is 13.5. The van der Waals surface area contributed by atoms with E-state index < -0.39 is 5.91 Å². The van der Waals surface area contributed by atoms with Gasteiger partial charge in [-0.05, 0) is 22.9 Å². The molecule has 0 saturated carbocycles. The second kappa shape index (κ2) is 5.46. The number of hydrogen-bond acceptors (Lipinski definition) is 3. The first-order valence-corrected chi connectivity index (χ1v) is 7.16. The van der Waals surface area contributed by atoms with Crippen molar-refractivity contribution < 1.29 is 4.79 Å². The van der Waals surface area contributed by atoms with Gasteiger partial charge in [-0.1, -0.05) is 42.6 Å². The third kappa shape index (κ3) is 2.55. The SMILES string of the molecule is C=C(Sc1ccc(C(N)=O)c2ccccc12)c1ncc[nH]1. The lowest BCUT2D eigenvalue weighted by Crippen LogP contribution is -2.11. The second-order valence-electron chi connectivity index (χ2n) is 4.48. The molecule has 2 aromatic carbocycles. The van der Waals surface area contributed by atoms with Crippen LogP contribution in [0.15, 0.2) is 60.3 Å². The number of carbonyl (C=O) groups is 1. The number of benzene rings is 2. The minimum atomic E-state index is -0.424. The normalized spacial score (nSPS) is 10.7. The summed E-state index contributed by atoms with van der Waals surface area (Å²) in [5.74, 6) is 0.315. The van der Waals surface area contributed by atoms with Crippen LogP contribution in [0.25, 0.3) is 15.7 Å². The van der Waals surface area contributed by atoms with E-state index in [0.717, 1.165) is 26.4 Å². The molecule has 0 radical (unpaired) electrons. The van der Waals surface area contributed by atoms with Crippen molar-refractivity contribution in [3.05, 3.63) is 66.8 Å². The van der Waals surface area contributed by atoms with Crippen LogP contribution in [0.5, 0.6) is 0 Å². The fourth-order valence-electron chi connectivity index (χ4n) is 2.17. The Kier molecular flexibility index (Phi) is 3.50. The van der Waals surface area contributed by atoms with Gasteiger partial charge in [0.05, 0.1) is 0 Å². The lowest BCUT2D eigenvalue weighted by atomic mass is 10.0. The molecule has 0 bridgehead atoms. The number of rotatable bonds is 4. The average molecular weight is 295 g/mol. The maximum absolute atomic E-state index is 11.5. The average Bonchev–Trinajstić information content (AvgIpc) is 3.01. The van der Waals surface area contributed by atoms with Crippen molar-refractivity contribution in [2.45, 2.75) is 4.90 Å². The molecule has 0 atom stereocenters. The summed E-state index contributed by atoms with van der Waals surface area (Å²) in [6, 6.07) is 11.3. The van der Waals surface area contributed by atoms with E-state index in [2.05, 4.69) is 16.5 Å². The summed E-state index contributed by atoms with van der Waals surface area (Å²) in [5, 5.41) is 1.83. The quantitative estimate of drug-likeness (QED) is 0.724. The van der Waals surface area contributed by atoms with Crippen molar-refractivity contribution in [1.29, 1.82) is 0 Å². The van der Waals surface area contributed by atoms with Crippen molar-refractivity contribution in [3.8, 4) is 0 Å². The predicted molar refractivity (Wildman–Crippen MR) is 85.9 cm³/mol. The Morgan fingerprint density at radius 3 is 2.62 bits per heavy atom. The van der Waals surface area contributed by atoms with Gasteiger partial charge in [0.1, 0.15) is 5.82 Å². The van der Waals surface area contributed by atoms with E-state index in [-0.39, 0.29) is 0 Å². The van der Waals surface area contributed by atoms with E-state index in [1.165, 1.54) is 11.8 Å². The summed E-state index contributed by atoms with van der Waals surface area (Å²) in [6.07, 6.45) is 3.45. The van der Waals surface area contributed by atoms with Gasteiger partial charge in [0, 0.05) is 27.8 Å². The molecular weight excluding hydrogens is 282 g/mol. The molecule has 0 aliphatic carbocycles. The number of carbonyl (C=O) groups excluding carboxylic acids is 1. The third-order valence-corrected chi connectivity index (χ3v) is 4.16. The molecule has 3 N–H and O–H groups in total. The van der Waals surface area contributed by atoms with Crippen LogP contribution in [-0.2, 0) is 0 Å². The van der Waals surface area contributed by atoms with Gasteiger partial charge in [-0.3, -0.25) is 4.79 Å². The van der Waals surface area contributed by atoms with Crippen LogP contribution in [0.4, 0.5) is 0 Å². The zero-order chi connectivity index (χ0) is 14.8. The molecule has 3 aromatic rings. The zero-order valence-electron chi connectivity index (χ0n) is 11.2. The van der Waals surface area contributed by atoms with Gasteiger partial charge in [0.2, 0.25) is 5.91 Å². The number of aromatic nitrogens is 2. The number of aromatic amines is 1. The standard InChI is InChI=1S/C16H13N3OS/c1-10(16-18-8-9-19-16)21-14-7-6-13(15(17)20)11-4-2-3-5-12(11)14/h2-9H,1H2,(H2,17,20)(H,18,19). The van der Waals surface area contributed by atoms with Crippen LogP contribution in [0.2, 0.25) is 0 Å². The fraction of sp³-hybridized carbons (Fsp3) is 0. The Hall–Kier alpha value is -2.53. The summed E-state index contributed by atoms with van der Waals surface area (Å²) in [5.41, 5.74) is 5.96. The Morgan fingerprint density at radius 2 is 1.95 bits per heavy atom. The number of nitrogens with one attached hydrogen (secondary N) is 1. The van der Waals surface area contributed by atoms with Crippen molar-refractivity contribution in [3.63, 3.8) is 0 Å². The maximum Gasteiger partial charge on any atom is 0.249 e. The number of amides is 1. The van der Waals surface area contributed by atoms with Crippen molar-refractivity contribution in [2.24, 2.45) is 5.73 Å². The highest BCUT2D eigenvalue weighted by molar-refractivity contribution is 8.08. The number of hydrogen-bond donors (Lipinski definition) is 2. The highest BCUT2D eigenvalue weighted by Crippen LogP contribution is 2.36. The number of thioether (sulfide) groups is 1. The molecule has 5 heteroatoms. The van der Waals surface area contributed by atoms with Gasteiger partial charge in [-0.25, -0.2) is 4.98 Å². The van der Waals surface area contributed by atoms with Gasteiger partial charge in [0.15, 0.2) is 0 Å². The molecule has 0 aliphatic rings.